The predicted molar refractivity (Wildman–Crippen MR) is 120 cm³/mol. The summed E-state index contributed by atoms with van der Waals surface area (Å²) in [4.78, 5) is 15.4. The molecule has 4 rings (SSSR count). The number of fused-ring (bicyclic) bond motifs is 1. The summed E-state index contributed by atoms with van der Waals surface area (Å²) < 4.78 is 7.23. The van der Waals surface area contributed by atoms with Crippen LogP contribution in [0.2, 0.25) is 0 Å². The van der Waals surface area contributed by atoms with E-state index in [0.717, 1.165) is 43.9 Å². The van der Waals surface area contributed by atoms with E-state index >= 15 is 0 Å². The lowest BCUT2D eigenvalue weighted by molar-refractivity contribution is 0.414. The number of nitrogens with one attached hydrogen (secondary N) is 3. The summed E-state index contributed by atoms with van der Waals surface area (Å²) in [6.07, 6.45) is 8.42. The molecule has 0 atom stereocenters. The second-order valence-corrected chi connectivity index (χ2v) is 7.55. The number of imidazole rings is 1. The van der Waals surface area contributed by atoms with Crippen molar-refractivity contribution >= 4 is 34.6 Å². The van der Waals surface area contributed by atoms with Gasteiger partial charge in [-0.3, -0.25) is 4.40 Å². The fraction of sp³-hybridized carbons (Fsp3) is 0.143. The average molecular weight is 420 g/mol. The summed E-state index contributed by atoms with van der Waals surface area (Å²) in [5, 5.41) is 13.9. The van der Waals surface area contributed by atoms with Crippen molar-refractivity contribution in [2.75, 3.05) is 19.5 Å². The number of aromatic nitrogens is 4. The van der Waals surface area contributed by atoms with E-state index in [4.69, 9.17) is 10.1 Å². The van der Waals surface area contributed by atoms with Gasteiger partial charge in [0.1, 0.15) is 23.5 Å². The Kier molecular flexibility index (Phi) is 5.71. The Balaban J connectivity index is 1.52. The SMILES string of the molecule is CN/C=C(\C=N)c1ccc(CNc2cc(-c3cnc4cc(OC)ccn34)ncn2)s1. The fourth-order valence-corrected chi connectivity index (χ4v) is 3.95. The van der Waals surface area contributed by atoms with Gasteiger partial charge in [-0.25, -0.2) is 15.0 Å². The Morgan fingerprint density at radius 1 is 1.23 bits per heavy atom. The van der Waals surface area contributed by atoms with Gasteiger partial charge < -0.3 is 20.8 Å². The van der Waals surface area contributed by atoms with Crippen molar-refractivity contribution in [3.8, 4) is 17.1 Å². The first kappa shape index (κ1) is 19.6. The zero-order valence-electron chi connectivity index (χ0n) is 16.6. The molecule has 30 heavy (non-hydrogen) atoms. The number of rotatable bonds is 8. The number of ether oxygens (including phenoxy) is 1. The molecule has 0 saturated heterocycles. The van der Waals surface area contributed by atoms with E-state index in [2.05, 4.69) is 31.7 Å². The standard InChI is InChI=1S/C21H21N7OS/c1-23-10-14(9-22)19-4-3-16(30-19)11-24-20-8-17(26-13-27-20)18-12-25-21-7-15(29-2)5-6-28(18)21/h3-10,12-13,22-23H,11H2,1-2H3,(H,24,26,27)/b14-10+,22-9?. The minimum Gasteiger partial charge on any atom is -0.497 e. The van der Waals surface area contributed by atoms with Crippen molar-refractivity contribution in [3.63, 3.8) is 0 Å². The topological polar surface area (TPSA) is 100 Å². The Bertz CT molecular complexity index is 1210. The number of methoxy groups -OCH3 is 1. The molecule has 8 nitrogen and oxygen atoms in total. The molecule has 0 aliphatic rings. The molecule has 0 radical (unpaired) electrons. The molecule has 0 aliphatic carbocycles. The van der Waals surface area contributed by atoms with Gasteiger partial charge in [-0.15, -0.1) is 11.3 Å². The molecule has 0 aliphatic heterocycles. The van der Waals surface area contributed by atoms with Gasteiger partial charge in [0, 0.05) is 53.1 Å². The van der Waals surface area contributed by atoms with E-state index in [1.54, 1.807) is 31.0 Å². The van der Waals surface area contributed by atoms with Crippen molar-refractivity contribution in [3.05, 3.63) is 65.0 Å². The van der Waals surface area contributed by atoms with Crippen LogP contribution in [0.5, 0.6) is 5.75 Å². The maximum absolute atomic E-state index is 7.55. The molecule has 0 spiro atoms. The number of hydrogen-bond donors (Lipinski definition) is 3. The molecule has 0 saturated carbocycles. The monoisotopic (exact) mass is 419 g/mol. The van der Waals surface area contributed by atoms with Crippen LogP contribution in [0.15, 0.2) is 55.3 Å². The Hall–Kier alpha value is -3.72. The van der Waals surface area contributed by atoms with Crippen LogP contribution in [0.4, 0.5) is 5.82 Å². The van der Waals surface area contributed by atoms with E-state index in [1.165, 1.54) is 6.21 Å². The lowest BCUT2D eigenvalue weighted by Gasteiger charge is -2.06. The third-order valence-corrected chi connectivity index (χ3v) is 5.63. The van der Waals surface area contributed by atoms with Crippen LogP contribution in [-0.4, -0.2) is 39.7 Å². The smallest absolute Gasteiger partial charge is 0.140 e. The number of pyridine rings is 1. The molecule has 3 N–H and O–H groups in total. The maximum Gasteiger partial charge on any atom is 0.140 e. The average Bonchev–Trinajstić information content (AvgIpc) is 3.43. The van der Waals surface area contributed by atoms with E-state index in [9.17, 15) is 0 Å². The molecule has 4 aromatic heterocycles. The summed E-state index contributed by atoms with van der Waals surface area (Å²) >= 11 is 1.64. The highest BCUT2D eigenvalue weighted by molar-refractivity contribution is 7.13. The summed E-state index contributed by atoms with van der Waals surface area (Å²) in [6.45, 7) is 0.635. The fourth-order valence-electron chi connectivity index (χ4n) is 3.02. The molecule has 152 valence electrons. The van der Waals surface area contributed by atoms with Gasteiger partial charge in [0.15, 0.2) is 0 Å². The lowest BCUT2D eigenvalue weighted by atomic mass is 10.2. The number of nitrogens with zero attached hydrogens (tertiary/aromatic N) is 4. The van der Waals surface area contributed by atoms with Gasteiger partial charge in [0.05, 0.1) is 31.2 Å². The van der Waals surface area contributed by atoms with Crippen molar-refractivity contribution in [1.82, 2.24) is 24.7 Å². The van der Waals surface area contributed by atoms with Gasteiger partial charge in [0.2, 0.25) is 0 Å². The van der Waals surface area contributed by atoms with E-state index in [0.29, 0.717) is 6.54 Å². The van der Waals surface area contributed by atoms with Crippen LogP contribution >= 0.6 is 11.3 Å². The molecule has 0 unspecified atom stereocenters. The molecule has 4 heterocycles. The summed E-state index contributed by atoms with van der Waals surface area (Å²) in [7, 11) is 3.46. The van der Waals surface area contributed by atoms with Crippen molar-refractivity contribution in [2.24, 2.45) is 0 Å². The first-order valence-electron chi connectivity index (χ1n) is 9.26. The lowest BCUT2D eigenvalue weighted by Crippen LogP contribution is -2.01. The summed E-state index contributed by atoms with van der Waals surface area (Å²) in [6, 6.07) is 9.75. The number of anilines is 1. The van der Waals surface area contributed by atoms with Gasteiger partial charge in [-0.05, 0) is 18.2 Å². The molecule has 0 aromatic carbocycles. The molecular weight excluding hydrogens is 398 g/mol. The van der Waals surface area contributed by atoms with Crippen LogP contribution in [0, 0.1) is 5.41 Å². The third kappa shape index (κ3) is 4.01. The van der Waals surface area contributed by atoms with Gasteiger partial charge in [-0.2, -0.15) is 0 Å². The minimum atomic E-state index is 0.635. The van der Waals surface area contributed by atoms with Crippen molar-refractivity contribution in [1.29, 1.82) is 5.41 Å². The molecular formula is C21H21N7OS. The summed E-state index contributed by atoms with van der Waals surface area (Å²) in [5.41, 5.74) is 3.30. The van der Waals surface area contributed by atoms with E-state index < -0.39 is 0 Å². The Labute approximate surface area is 177 Å². The molecule has 9 heteroatoms. The molecule has 0 bridgehead atoms. The number of hydrogen-bond acceptors (Lipinski definition) is 8. The highest BCUT2D eigenvalue weighted by Gasteiger charge is 2.10. The van der Waals surface area contributed by atoms with Crippen LogP contribution in [0.25, 0.3) is 22.6 Å². The Morgan fingerprint density at radius 2 is 2.13 bits per heavy atom. The van der Waals surface area contributed by atoms with Crippen LogP contribution in [0.3, 0.4) is 0 Å². The molecule has 4 aromatic rings. The number of allylic oxidation sites excluding steroid dienone is 1. The second kappa shape index (κ2) is 8.75. The van der Waals surface area contributed by atoms with Crippen LogP contribution < -0.4 is 15.4 Å². The van der Waals surface area contributed by atoms with Gasteiger partial charge >= 0.3 is 0 Å². The third-order valence-electron chi connectivity index (χ3n) is 4.50. The summed E-state index contributed by atoms with van der Waals surface area (Å²) in [5.74, 6) is 1.49. The zero-order valence-corrected chi connectivity index (χ0v) is 17.4. The second-order valence-electron chi connectivity index (χ2n) is 6.38. The van der Waals surface area contributed by atoms with Crippen LogP contribution in [-0.2, 0) is 6.54 Å². The first-order chi connectivity index (χ1) is 14.7. The maximum atomic E-state index is 7.55. The van der Waals surface area contributed by atoms with Gasteiger partial charge in [-0.1, -0.05) is 0 Å². The Morgan fingerprint density at radius 3 is 2.93 bits per heavy atom. The van der Waals surface area contributed by atoms with Crippen molar-refractivity contribution < 1.29 is 4.74 Å². The van der Waals surface area contributed by atoms with Crippen molar-refractivity contribution in [2.45, 2.75) is 6.54 Å². The largest absolute Gasteiger partial charge is 0.497 e. The minimum absolute atomic E-state index is 0.635. The first-order valence-corrected chi connectivity index (χ1v) is 10.1. The predicted octanol–water partition coefficient (Wildman–Crippen LogP) is 3.68. The van der Waals surface area contributed by atoms with Crippen LogP contribution in [0.1, 0.15) is 9.75 Å². The van der Waals surface area contributed by atoms with Gasteiger partial charge in [0.25, 0.3) is 0 Å². The number of thiophene rings is 1. The molecule has 0 amide bonds. The zero-order chi connectivity index (χ0) is 20.9. The molecule has 0 fully saturated rings. The van der Waals surface area contributed by atoms with E-state index in [-0.39, 0.29) is 0 Å². The van der Waals surface area contributed by atoms with E-state index in [1.807, 2.05) is 48.1 Å². The normalized spacial score (nSPS) is 11.5. The highest BCUT2D eigenvalue weighted by Crippen LogP contribution is 2.25. The highest BCUT2D eigenvalue weighted by atomic mass is 32.1. The quantitative estimate of drug-likeness (QED) is 0.377.